The van der Waals surface area contributed by atoms with Crippen LogP contribution in [0.15, 0.2) is 55.1 Å². The summed E-state index contributed by atoms with van der Waals surface area (Å²) in [5.74, 6) is -1.56. The number of benzene rings is 1. The van der Waals surface area contributed by atoms with Crippen molar-refractivity contribution in [2.75, 3.05) is 13.2 Å². The van der Waals surface area contributed by atoms with Crippen molar-refractivity contribution in [2.24, 2.45) is 5.92 Å². The molecule has 0 spiro atoms. The van der Waals surface area contributed by atoms with Crippen molar-refractivity contribution in [1.29, 1.82) is 0 Å². The van der Waals surface area contributed by atoms with E-state index < -0.39 is 11.9 Å². The number of aliphatic carboxylic acids is 1. The quantitative estimate of drug-likeness (QED) is 0.650. The number of hydrogen-bond donors (Lipinski definition) is 2. The van der Waals surface area contributed by atoms with Gasteiger partial charge in [0.15, 0.2) is 0 Å². The molecule has 2 N–H and O–H groups in total. The highest BCUT2D eigenvalue weighted by atomic mass is 16.4. The lowest BCUT2D eigenvalue weighted by molar-refractivity contribution is -0.144. The minimum atomic E-state index is -0.892. The molecule has 1 aromatic rings. The lowest BCUT2D eigenvalue weighted by atomic mass is 9.92. The fourth-order valence-electron chi connectivity index (χ4n) is 2.86. The number of carboxylic acid groups (broad SMARTS) is 1. The summed E-state index contributed by atoms with van der Waals surface area (Å²) in [6.45, 7) is 8.17. The van der Waals surface area contributed by atoms with Crippen molar-refractivity contribution < 1.29 is 15.0 Å². The molecule has 0 aromatic heterocycles. The van der Waals surface area contributed by atoms with Crippen LogP contribution in [0, 0.1) is 5.92 Å². The summed E-state index contributed by atoms with van der Waals surface area (Å²) < 4.78 is 0. The SMILES string of the molecule is C=CCN(C(C)c1ccccc1)C(C=CC)C(CCO)C(=O)O. The Bertz CT molecular complexity index is 513. The van der Waals surface area contributed by atoms with Gasteiger partial charge < -0.3 is 10.2 Å². The number of nitrogens with zero attached hydrogens (tertiary/aromatic N) is 1. The number of allylic oxidation sites excluding steroid dienone is 1. The Balaban J connectivity index is 3.19. The Hall–Kier alpha value is -1.91. The van der Waals surface area contributed by atoms with Crippen molar-refractivity contribution in [3.05, 3.63) is 60.7 Å². The van der Waals surface area contributed by atoms with Crippen molar-refractivity contribution in [3.8, 4) is 0 Å². The molecule has 0 aliphatic heterocycles. The maximum absolute atomic E-state index is 11.7. The molecular weight excluding hydrogens is 290 g/mol. The van der Waals surface area contributed by atoms with Crippen LogP contribution in [0.3, 0.4) is 0 Å². The predicted octanol–water partition coefficient (Wildman–Crippen LogP) is 3.26. The van der Waals surface area contributed by atoms with Crippen LogP contribution < -0.4 is 0 Å². The highest BCUT2D eigenvalue weighted by Gasteiger charge is 2.32. The van der Waals surface area contributed by atoms with Crippen LogP contribution in [0.1, 0.15) is 31.9 Å². The summed E-state index contributed by atoms with van der Waals surface area (Å²) >= 11 is 0. The number of hydrogen-bond acceptors (Lipinski definition) is 3. The molecule has 126 valence electrons. The van der Waals surface area contributed by atoms with E-state index >= 15 is 0 Å². The zero-order chi connectivity index (χ0) is 17.2. The van der Waals surface area contributed by atoms with E-state index in [1.165, 1.54) is 0 Å². The van der Waals surface area contributed by atoms with E-state index in [1.54, 1.807) is 6.08 Å². The van der Waals surface area contributed by atoms with E-state index in [4.69, 9.17) is 0 Å². The Morgan fingerprint density at radius 2 is 2.00 bits per heavy atom. The first-order chi connectivity index (χ1) is 11.1. The van der Waals surface area contributed by atoms with Gasteiger partial charge in [-0.05, 0) is 25.8 Å². The minimum Gasteiger partial charge on any atom is -0.481 e. The zero-order valence-electron chi connectivity index (χ0n) is 13.9. The monoisotopic (exact) mass is 317 g/mol. The predicted molar refractivity (Wildman–Crippen MR) is 93.2 cm³/mol. The van der Waals surface area contributed by atoms with E-state index in [9.17, 15) is 15.0 Å². The molecule has 0 fully saturated rings. The average molecular weight is 317 g/mol. The van der Waals surface area contributed by atoms with Crippen molar-refractivity contribution >= 4 is 5.97 Å². The van der Waals surface area contributed by atoms with Crippen molar-refractivity contribution in [2.45, 2.75) is 32.4 Å². The lowest BCUT2D eigenvalue weighted by Gasteiger charge is -2.37. The molecule has 0 aliphatic rings. The van der Waals surface area contributed by atoms with Gasteiger partial charge in [0.25, 0.3) is 0 Å². The molecule has 3 atom stereocenters. The highest BCUT2D eigenvalue weighted by molar-refractivity contribution is 5.71. The Kier molecular flexibility index (Phi) is 8.30. The third-order valence-electron chi connectivity index (χ3n) is 4.06. The first kappa shape index (κ1) is 19.1. The molecule has 0 amide bonds. The Labute approximate surface area is 138 Å². The van der Waals surface area contributed by atoms with Gasteiger partial charge in [-0.25, -0.2) is 0 Å². The maximum atomic E-state index is 11.7. The van der Waals surface area contributed by atoms with Crippen LogP contribution in [-0.2, 0) is 4.79 Å². The summed E-state index contributed by atoms with van der Waals surface area (Å²) in [7, 11) is 0. The molecule has 0 radical (unpaired) electrons. The van der Waals surface area contributed by atoms with Crippen LogP contribution in [0.2, 0.25) is 0 Å². The van der Waals surface area contributed by atoms with E-state index in [0.29, 0.717) is 6.54 Å². The molecule has 0 saturated carbocycles. The molecule has 1 aromatic carbocycles. The Morgan fingerprint density at radius 3 is 2.48 bits per heavy atom. The van der Waals surface area contributed by atoms with E-state index in [0.717, 1.165) is 5.56 Å². The van der Waals surface area contributed by atoms with Gasteiger partial charge in [-0.15, -0.1) is 6.58 Å². The van der Waals surface area contributed by atoms with Crippen LogP contribution in [0.4, 0.5) is 0 Å². The third kappa shape index (κ3) is 5.34. The van der Waals surface area contributed by atoms with E-state index in [1.807, 2.05) is 49.4 Å². The second-order valence-electron chi connectivity index (χ2n) is 5.55. The topological polar surface area (TPSA) is 60.8 Å². The summed E-state index contributed by atoms with van der Waals surface area (Å²) in [4.78, 5) is 13.8. The third-order valence-corrected chi connectivity index (χ3v) is 4.06. The summed E-state index contributed by atoms with van der Waals surface area (Å²) in [6.07, 6.45) is 5.77. The molecule has 1 rings (SSSR count). The van der Waals surface area contributed by atoms with Crippen LogP contribution in [-0.4, -0.2) is 40.3 Å². The molecule has 0 saturated heterocycles. The van der Waals surface area contributed by atoms with Gasteiger partial charge in [0.05, 0.1) is 5.92 Å². The van der Waals surface area contributed by atoms with Gasteiger partial charge in [-0.1, -0.05) is 48.6 Å². The normalized spacial score (nSPS) is 15.5. The minimum absolute atomic E-state index is 0.0379. The van der Waals surface area contributed by atoms with Crippen molar-refractivity contribution in [3.63, 3.8) is 0 Å². The Morgan fingerprint density at radius 1 is 1.35 bits per heavy atom. The van der Waals surface area contributed by atoms with Gasteiger partial charge >= 0.3 is 5.97 Å². The average Bonchev–Trinajstić information content (AvgIpc) is 2.56. The van der Waals surface area contributed by atoms with Crippen molar-refractivity contribution in [1.82, 2.24) is 4.90 Å². The molecule has 4 nitrogen and oxygen atoms in total. The molecule has 0 heterocycles. The molecule has 0 aliphatic carbocycles. The largest absolute Gasteiger partial charge is 0.481 e. The number of carbonyl (C=O) groups is 1. The van der Waals surface area contributed by atoms with Crippen LogP contribution >= 0.6 is 0 Å². The van der Waals surface area contributed by atoms with Crippen LogP contribution in [0.5, 0.6) is 0 Å². The standard InChI is InChI=1S/C19H27NO3/c1-4-9-18(17(12-14-21)19(22)23)20(13-5-2)15(3)16-10-7-6-8-11-16/h4-11,15,17-18,21H,2,12-14H2,1,3H3,(H,22,23). The summed E-state index contributed by atoms with van der Waals surface area (Å²) in [5.41, 5.74) is 1.12. The summed E-state index contributed by atoms with van der Waals surface area (Å²) in [6, 6.07) is 9.72. The fourth-order valence-corrected chi connectivity index (χ4v) is 2.86. The molecule has 23 heavy (non-hydrogen) atoms. The van der Waals surface area contributed by atoms with Gasteiger partial charge in [0.1, 0.15) is 0 Å². The van der Waals surface area contributed by atoms with Gasteiger partial charge in [-0.3, -0.25) is 9.69 Å². The summed E-state index contributed by atoms with van der Waals surface area (Å²) in [5, 5.41) is 18.8. The number of aliphatic hydroxyl groups is 1. The first-order valence-electron chi connectivity index (χ1n) is 7.94. The van der Waals surface area contributed by atoms with Gasteiger partial charge in [0, 0.05) is 25.2 Å². The maximum Gasteiger partial charge on any atom is 0.308 e. The smallest absolute Gasteiger partial charge is 0.308 e. The number of carboxylic acids is 1. The lowest BCUT2D eigenvalue weighted by Crippen LogP contribution is -2.44. The number of rotatable bonds is 10. The van der Waals surface area contributed by atoms with Crippen LogP contribution in [0.25, 0.3) is 0 Å². The second kappa shape index (κ2) is 9.98. The van der Waals surface area contributed by atoms with E-state index in [-0.39, 0.29) is 25.1 Å². The number of aliphatic hydroxyl groups excluding tert-OH is 1. The molecule has 4 heteroatoms. The van der Waals surface area contributed by atoms with E-state index in [2.05, 4.69) is 18.4 Å². The first-order valence-corrected chi connectivity index (χ1v) is 7.94. The molecule has 3 unspecified atom stereocenters. The van der Waals surface area contributed by atoms with Gasteiger partial charge in [0.2, 0.25) is 0 Å². The second-order valence-corrected chi connectivity index (χ2v) is 5.55. The molecular formula is C19H27NO3. The highest BCUT2D eigenvalue weighted by Crippen LogP contribution is 2.27. The fraction of sp³-hybridized carbons (Fsp3) is 0.421. The molecule has 0 bridgehead atoms. The zero-order valence-corrected chi connectivity index (χ0v) is 13.9. The van der Waals surface area contributed by atoms with Gasteiger partial charge in [-0.2, -0.15) is 0 Å².